The van der Waals surface area contributed by atoms with Crippen molar-refractivity contribution in [2.75, 3.05) is 0 Å². The summed E-state index contributed by atoms with van der Waals surface area (Å²) in [5.41, 5.74) is 3.92. The molecule has 0 saturated carbocycles. The lowest BCUT2D eigenvalue weighted by Gasteiger charge is -2.06. The Hall–Kier alpha value is -0.320. The molecule has 0 aromatic heterocycles. The maximum Gasteiger partial charge on any atom is 0.305 e. The van der Waals surface area contributed by atoms with Gasteiger partial charge in [-0.1, -0.05) is 0 Å². The third kappa shape index (κ3) is 5.68. The predicted molar refractivity (Wildman–Crippen MR) is 19.8 cm³/mol. The van der Waals surface area contributed by atoms with E-state index in [-0.39, 0.29) is 0 Å². The van der Waals surface area contributed by atoms with E-state index in [1.54, 1.807) is 0 Å². The summed E-state index contributed by atoms with van der Waals surface area (Å²) in [7, 11) is 0. The number of hydrogen-bond donors (Lipinski definition) is 1. The molecule has 0 bridgehead atoms. The normalized spacial score (nSPS) is 12.8. The summed E-state index contributed by atoms with van der Waals surface area (Å²) in [5.74, 6) is 0. The standard InChI is InChI=1S/C3H5F4N/c4-2(5)1-3(6,7)8/h2H,1,8H2. The van der Waals surface area contributed by atoms with Crippen LogP contribution in [0.5, 0.6) is 0 Å². The maximum absolute atomic E-state index is 11.3. The molecule has 0 heterocycles. The minimum atomic E-state index is -3.73. The second kappa shape index (κ2) is 2.30. The molecule has 0 aliphatic rings. The molecular formula is C3H5F4N. The molecule has 1 nitrogen and oxygen atoms in total. The number of rotatable bonds is 2. The van der Waals surface area contributed by atoms with E-state index < -0.39 is 18.9 Å². The van der Waals surface area contributed by atoms with Crippen molar-refractivity contribution in [2.45, 2.75) is 18.9 Å². The highest BCUT2D eigenvalue weighted by molar-refractivity contribution is 4.56. The van der Waals surface area contributed by atoms with Crippen LogP contribution in [-0.4, -0.2) is 12.5 Å². The maximum atomic E-state index is 11.3. The van der Waals surface area contributed by atoms with Crippen LogP contribution in [0, 0.1) is 0 Å². The Morgan fingerprint density at radius 1 is 1.38 bits per heavy atom. The van der Waals surface area contributed by atoms with Gasteiger partial charge < -0.3 is 0 Å². The summed E-state index contributed by atoms with van der Waals surface area (Å²) >= 11 is 0. The number of nitrogens with two attached hydrogens (primary N) is 1. The molecule has 0 aliphatic heterocycles. The minimum Gasteiger partial charge on any atom is -0.272 e. The molecule has 0 amide bonds. The number of halogens is 4. The van der Waals surface area contributed by atoms with Crippen molar-refractivity contribution in [1.29, 1.82) is 0 Å². The zero-order valence-corrected chi connectivity index (χ0v) is 3.87. The fourth-order valence-corrected chi connectivity index (χ4v) is 0.206. The van der Waals surface area contributed by atoms with Gasteiger partial charge in [-0.3, -0.25) is 5.73 Å². The van der Waals surface area contributed by atoms with Crippen LogP contribution in [0.25, 0.3) is 0 Å². The Balaban J connectivity index is 3.39. The van der Waals surface area contributed by atoms with Gasteiger partial charge in [0.05, 0.1) is 6.42 Å². The van der Waals surface area contributed by atoms with Crippen LogP contribution in [0.15, 0.2) is 0 Å². The first-order chi connectivity index (χ1) is 3.42. The topological polar surface area (TPSA) is 26.0 Å². The Labute approximate surface area is 43.5 Å². The van der Waals surface area contributed by atoms with Gasteiger partial charge in [-0.15, -0.1) is 0 Å². The predicted octanol–water partition coefficient (Wildman–Crippen LogP) is 1.19. The average Bonchev–Trinajstić information content (AvgIpc) is 1.21. The lowest BCUT2D eigenvalue weighted by atomic mass is 10.4. The fraction of sp³-hybridized carbons (Fsp3) is 1.00. The molecule has 0 spiro atoms. The first-order valence-corrected chi connectivity index (χ1v) is 1.86. The molecule has 0 rings (SSSR count). The zero-order chi connectivity index (χ0) is 6.78. The molecule has 8 heavy (non-hydrogen) atoms. The van der Waals surface area contributed by atoms with Crippen LogP contribution in [0.3, 0.4) is 0 Å². The van der Waals surface area contributed by atoms with Crippen molar-refractivity contribution in [2.24, 2.45) is 5.73 Å². The zero-order valence-electron chi connectivity index (χ0n) is 3.87. The molecule has 50 valence electrons. The average molecular weight is 131 g/mol. The summed E-state index contributed by atoms with van der Waals surface area (Å²) in [6.07, 6.45) is -4.59. The van der Waals surface area contributed by atoms with E-state index >= 15 is 0 Å². The van der Waals surface area contributed by atoms with Gasteiger partial charge >= 0.3 is 6.05 Å². The summed E-state index contributed by atoms with van der Waals surface area (Å²) < 4.78 is 44.5. The first kappa shape index (κ1) is 7.68. The fourth-order valence-electron chi connectivity index (χ4n) is 0.206. The molecule has 0 fully saturated rings. The van der Waals surface area contributed by atoms with Crippen LogP contribution >= 0.6 is 0 Å². The molecule has 0 unspecified atom stereocenters. The van der Waals surface area contributed by atoms with Gasteiger partial charge in [-0.05, 0) is 0 Å². The van der Waals surface area contributed by atoms with Crippen LogP contribution < -0.4 is 5.73 Å². The molecule has 2 N–H and O–H groups in total. The highest BCUT2D eigenvalue weighted by Crippen LogP contribution is 2.15. The van der Waals surface area contributed by atoms with E-state index in [0.29, 0.717) is 0 Å². The second-order valence-corrected chi connectivity index (χ2v) is 1.36. The Morgan fingerprint density at radius 3 is 1.75 bits per heavy atom. The van der Waals surface area contributed by atoms with Crippen molar-refractivity contribution in [3.63, 3.8) is 0 Å². The molecule has 0 saturated heterocycles. The van der Waals surface area contributed by atoms with Gasteiger partial charge in [-0.25, -0.2) is 8.78 Å². The van der Waals surface area contributed by atoms with Crippen molar-refractivity contribution in [3.05, 3.63) is 0 Å². The molecule has 0 aliphatic carbocycles. The third-order valence-electron chi connectivity index (χ3n) is 0.426. The smallest absolute Gasteiger partial charge is 0.272 e. The van der Waals surface area contributed by atoms with Crippen LogP contribution in [-0.2, 0) is 0 Å². The molecule has 5 heteroatoms. The van der Waals surface area contributed by atoms with E-state index in [1.807, 2.05) is 0 Å². The molecule has 0 aromatic rings. The Morgan fingerprint density at radius 2 is 1.75 bits per heavy atom. The van der Waals surface area contributed by atoms with Crippen molar-refractivity contribution < 1.29 is 17.6 Å². The van der Waals surface area contributed by atoms with Crippen molar-refractivity contribution >= 4 is 0 Å². The number of alkyl halides is 4. The van der Waals surface area contributed by atoms with E-state index in [4.69, 9.17) is 0 Å². The van der Waals surface area contributed by atoms with E-state index in [2.05, 4.69) is 5.73 Å². The first-order valence-electron chi connectivity index (χ1n) is 1.86. The van der Waals surface area contributed by atoms with Gasteiger partial charge in [0.2, 0.25) is 6.43 Å². The minimum absolute atomic E-state index is 1.56. The summed E-state index contributed by atoms with van der Waals surface area (Å²) in [4.78, 5) is 0. The SMILES string of the molecule is NC(F)(F)CC(F)F. The van der Waals surface area contributed by atoms with Crippen LogP contribution in [0.4, 0.5) is 17.6 Å². The lowest BCUT2D eigenvalue weighted by Crippen LogP contribution is -2.30. The largest absolute Gasteiger partial charge is 0.305 e. The van der Waals surface area contributed by atoms with Crippen molar-refractivity contribution in [1.82, 2.24) is 0 Å². The highest BCUT2D eigenvalue weighted by Gasteiger charge is 2.26. The van der Waals surface area contributed by atoms with E-state index in [9.17, 15) is 17.6 Å². The summed E-state index contributed by atoms with van der Waals surface area (Å²) in [6, 6.07) is -3.73. The second-order valence-electron chi connectivity index (χ2n) is 1.36. The summed E-state index contributed by atoms with van der Waals surface area (Å²) in [5, 5.41) is 0. The van der Waals surface area contributed by atoms with Crippen LogP contribution in [0.2, 0.25) is 0 Å². The highest BCUT2D eigenvalue weighted by atomic mass is 19.3. The van der Waals surface area contributed by atoms with E-state index in [0.717, 1.165) is 0 Å². The van der Waals surface area contributed by atoms with Gasteiger partial charge in [0.25, 0.3) is 0 Å². The quantitative estimate of drug-likeness (QED) is 0.442. The van der Waals surface area contributed by atoms with Gasteiger partial charge in [0.1, 0.15) is 0 Å². The third-order valence-corrected chi connectivity index (χ3v) is 0.426. The van der Waals surface area contributed by atoms with Gasteiger partial charge in [0.15, 0.2) is 0 Å². The monoisotopic (exact) mass is 131 g/mol. The van der Waals surface area contributed by atoms with E-state index in [1.165, 1.54) is 0 Å². The molecule has 0 atom stereocenters. The van der Waals surface area contributed by atoms with Gasteiger partial charge in [-0.2, -0.15) is 8.78 Å². The van der Waals surface area contributed by atoms with Crippen molar-refractivity contribution in [3.8, 4) is 0 Å². The van der Waals surface area contributed by atoms with Crippen LogP contribution in [0.1, 0.15) is 6.42 Å². The Kier molecular flexibility index (Phi) is 2.21. The Bertz CT molecular complexity index is 66.2. The molecule has 0 aromatic carbocycles. The molecule has 0 radical (unpaired) electrons. The number of hydrogen-bond acceptors (Lipinski definition) is 1. The molecular weight excluding hydrogens is 126 g/mol. The lowest BCUT2D eigenvalue weighted by molar-refractivity contribution is -0.0484. The summed E-state index contributed by atoms with van der Waals surface area (Å²) in [6.45, 7) is 0. The van der Waals surface area contributed by atoms with Gasteiger partial charge in [0, 0.05) is 0 Å².